The molecule has 0 bridgehead atoms. The predicted octanol–water partition coefficient (Wildman–Crippen LogP) is 0.758. The average Bonchev–Trinajstić information content (AvgIpc) is 2.51. The van der Waals surface area contributed by atoms with Crippen LogP contribution >= 0.6 is 10.7 Å². The molecule has 2 rings (SSSR count). The number of nitrogens with one attached hydrogen (secondary N) is 1. The fourth-order valence-corrected chi connectivity index (χ4v) is 2.51. The molecule has 1 amide bonds. The van der Waals surface area contributed by atoms with Gasteiger partial charge in [-0.3, -0.25) is 9.59 Å². The van der Waals surface area contributed by atoms with Gasteiger partial charge in [-0.15, -0.1) is 0 Å². The van der Waals surface area contributed by atoms with Gasteiger partial charge in [-0.2, -0.15) is 0 Å². The smallest absolute Gasteiger partial charge is 0.296 e. The van der Waals surface area contributed by atoms with Gasteiger partial charge in [-0.05, 0) is 6.07 Å². The van der Waals surface area contributed by atoms with Crippen LogP contribution in [0.2, 0.25) is 0 Å². The SMILES string of the molecule is COc1cc2c(cc1S(=O)(=O)Cl)C(=O)C(=O)N2. The number of rotatable bonds is 2. The van der Waals surface area contributed by atoms with E-state index in [1.807, 2.05) is 0 Å². The summed E-state index contributed by atoms with van der Waals surface area (Å²) in [5.74, 6) is -1.65. The number of carbonyl (C=O) groups excluding carboxylic acids is 2. The Kier molecular flexibility index (Phi) is 2.59. The van der Waals surface area contributed by atoms with Crippen molar-refractivity contribution in [3.8, 4) is 5.75 Å². The Hall–Kier alpha value is -1.60. The maximum Gasteiger partial charge on any atom is 0.296 e. The Morgan fingerprint density at radius 2 is 1.94 bits per heavy atom. The number of benzene rings is 1. The molecule has 6 nitrogen and oxygen atoms in total. The number of hydrogen-bond acceptors (Lipinski definition) is 5. The Morgan fingerprint density at radius 3 is 2.47 bits per heavy atom. The largest absolute Gasteiger partial charge is 0.495 e. The lowest BCUT2D eigenvalue weighted by Crippen LogP contribution is -2.12. The number of amides is 1. The van der Waals surface area contributed by atoms with E-state index in [0.29, 0.717) is 0 Å². The van der Waals surface area contributed by atoms with Crippen LogP contribution in [0.25, 0.3) is 0 Å². The molecule has 1 heterocycles. The Bertz CT molecular complexity index is 637. The molecule has 1 aromatic rings. The minimum Gasteiger partial charge on any atom is -0.495 e. The molecule has 1 N–H and O–H groups in total. The van der Waals surface area contributed by atoms with Crippen LogP contribution in [0.5, 0.6) is 5.75 Å². The Balaban J connectivity index is 2.73. The molecule has 0 spiro atoms. The predicted molar refractivity (Wildman–Crippen MR) is 59.0 cm³/mol. The Labute approximate surface area is 101 Å². The average molecular weight is 276 g/mol. The first kappa shape index (κ1) is 11.9. The molecule has 0 aliphatic carbocycles. The first-order chi connectivity index (χ1) is 7.84. The second-order valence-corrected chi connectivity index (χ2v) is 5.80. The van der Waals surface area contributed by atoms with Crippen molar-refractivity contribution in [2.45, 2.75) is 4.90 Å². The van der Waals surface area contributed by atoms with Gasteiger partial charge in [-0.1, -0.05) is 0 Å². The van der Waals surface area contributed by atoms with Gasteiger partial charge >= 0.3 is 0 Å². The summed E-state index contributed by atoms with van der Waals surface area (Å²) >= 11 is 0. The number of methoxy groups -OCH3 is 1. The van der Waals surface area contributed by atoms with E-state index in [2.05, 4.69) is 5.32 Å². The molecular formula is C9H6ClNO5S. The summed E-state index contributed by atoms with van der Waals surface area (Å²) in [5, 5.41) is 2.29. The summed E-state index contributed by atoms with van der Waals surface area (Å²) in [6, 6.07) is 2.27. The zero-order valence-corrected chi connectivity index (χ0v) is 10.1. The highest BCUT2D eigenvalue weighted by molar-refractivity contribution is 8.13. The highest BCUT2D eigenvalue weighted by atomic mass is 35.7. The molecule has 0 fully saturated rings. The zero-order valence-electron chi connectivity index (χ0n) is 8.48. The number of anilines is 1. The monoisotopic (exact) mass is 275 g/mol. The summed E-state index contributed by atoms with van der Waals surface area (Å²) < 4.78 is 27.4. The molecule has 90 valence electrons. The van der Waals surface area contributed by atoms with Crippen LogP contribution in [0.15, 0.2) is 17.0 Å². The van der Waals surface area contributed by atoms with Gasteiger partial charge in [-0.25, -0.2) is 8.42 Å². The van der Waals surface area contributed by atoms with Crippen molar-refractivity contribution in [3.63, 3.8) is 0 Å². The summed E-state index contributed by atoms with van der Waals surface area (Å²) in [4.78, 5) is 22.1. The van der Waals surface area contributed by atoms with Crippen molar-refractivity contribution in [1.82, 2.24) is 0 Å². The van der Waals surface area contributed by atoms with Crippen LogP contribution in [0, 0.1) is 0 Å². The molecule has 0 saturated heterocycles. The molecule has 1 aliphatic heterocycles. The molecule has 1 aromatic carbocycles. The van der Waals surface area contributed by atoms with E-state index in [1.54, 1.807) is 0 Å². The molecule has 0 atom stereocenters. The van der Waals surface area contributed by atoms with E-state index in [-0.39, 0.29) is 21.9 Å². The maximum absolute atomic E-state index is 11.4. The lowest BCUT2D eigenvalue weighted by atomic mass is 10.1. The van der Waals surface area contributed by atoms with E-state index in [0.717, 1.165) is 6.07 Å². The minimum atomic E-state index is -4.05. The number of halogens is 1. The third kappa shape index (κ3) is 1.87. The Morgan fingerprint density at radius 1 is 1.29 bits per heavy atom. The number of hydrogen-bond donors (Lipinski definition) is 1. The van der Waals surface area contributed by atoms with Crippen LogP contribution in [-0.4, -0.2) is 27.2 Å². The van der Waals surface area contributed by atoms with Crippen molar-refractivity contribution in [3.05, 3.63) is 17.7 Å². The van der Waals surface area contributed by atoms with Gasteiger partial charge in [0, 0.05) is 16.7 Å². The van der Waals surface area contributed by atoms with Crippen molar-refractivity contribution in [2.24, 2.45) is 0 Å². The van der Waals surface area contributed by atoms with Crippen LogP contribution in [-0.2, 0) is 13.8 Å². The van der Waals surface area contributed by atoms with Crippen molar-refractivity contribution >= 4 is 37.1 Å². The summed E-state index contributed by atoms with van der Waals surface area (Å²) in [7, 11) is 2.41. The van der Waals surface area contributed by atoms with E-state index in [1.165, 1.54) is 13.2 Å². The number of carbonyl (C=O) groups is 2. The van der Waals surface area contributed by atoms with Crippen molar-refractivity contribution < 1.29 is 22.7 Å². The number of Topliss-reactive ketones (excluding diaryl/α,β-unsaturated/α-hetero) is 1. The lowest BCUT2D eigenvalue weighted by Gasteiger charge is -2.07. The third-order valence-electron chi connectivity index (χ3n) is 2.27. The first-order valence-corrected chi connectivity index (χ1v) is 6.68. The summed E-state index contributed by atoms with van der Waals surface area (Å²) in [5.41, 5.74) is 0.177. The molecule has 0 saturated carbocycles. The third-order valence-corrected chi connectivity index (χ3v) is 3.61. The number of ether oxygens (including phenoxy) is 1. The summed E-state index contributed by atoms with van der Waals surface area (Å²) in [6.45, 7) is 0. The highest BCUT2D eigenvalue weighted by Crippen LogP contribution is 2.35. The topological polar surface area (TPSA) is 89.5 Å². The standard InChI is InChI=1S/C9H6ClNO5S/c1-16-6-3-5-4(8(12)9(13)11-5)2-7(6)17(10,14)15/h2-3H,1H3,(H,11,12,13). The molecular weight excluding hydrogens is 270 g/mol. The van der Waals surface area contributed by atoms with Gasteiger partial charge in [0.2, 0.25) is 0 Å². The second kappa shape index (κ2) is 3.71. The van der Waals surface area contributed by atoms with Crippen LogP contribution in [0.4, 0.5) is 5.69 Å². The van der Waals surface area contributed by atoms with Gasteiger partial charge < -0.3 is 10.1 Å². The van der Waals surface area contributed by atoms with Gasteiger partial charge in [0.25, 0.3) is 20.7 Å². The molecule has 17 heavy (non-hydrogen) atoms. The molecule has 0 radical (unpaired) electrons. The molecule has 1 aliphatic rings. The lowest BCUT2D eigenvalue weighted by molar-refractivity contribution is -0.112. The van der Waals surface area contributed by atoms with Crippen molar-refractivity contribution in [2.75, 3.05) is 12.4 Å². The fourth-order valence-electron chi connectivity index (χ4n) is 1.50. The first-order valence-electron chi connectivity index (χ1n) is 4.37. The summed E-state index contributed by atoms with van der Waals surface area (Å²) in [6.07, 6.45) is 0. The zero-order chi connectivity index (χ0) is 12.8. The van der Waals surface area contributed by atoms with E-state index < -0.39 is 20.7 Å². The van der Waals surface area contributed by atoms with Gasteiger partial charge in [0.05, 0.1) is 18.4 Å². The van der Waals surface area contributed by atoms with Crippen LogP contribution < -0.4 is 10.1 Å². The number of ketones is 1. The van der Waals surface area contributed by atoms with Gasteiger partial charge in [0.15, 0.2) is 0 Å². The number of fused-ring (bicyclic) bond motifs is 1. The van der Waals surface area contributed by atoms with Crippen LogP contribution in [0.1, 0.15) is 10.4 Å². The van der Waals surface area contributed by atoms with E-state index >= 15 is 0 Å². The normalized spacial score (nSPS) is 14.5. The quantitative estimate of drug-likeness (QED) is 0.636. The maximum atomic E-state index is 11.4. The minimum absolute atomic E-state index is 0.0324. The molecule has 8 heteroatoms. The van der Waals surface area contributed by atoms with E-state index in [4.69, 9.17) is 15.4 Å². The molecule has 0 aromatic heterocycles. The fraction of sp³-hybridized carbons (Fsp3) is 0.111. The second-order valence-electron chi connectivity index (χ2n) is 3.27. The highest BCUT2D eigenvalue weighted by Gasteiger charge is 2.31. The van der Waals surface area contributed by atoms with E-state index in [9.17, 15) is 18.0 Å². The van der Waals surface area contributed by atoms with Gasteiger partial charge in [0.1, 0.15) is 10.6 Å². The van der Waals surface area contributed by atoms with Crippen molar-refractivity contribution in [1.29, 1.82) is 0 Å². The van der Waals surface area contributed by atoms with Crippen LogP contribution in [0.3, 0.4) is 0 Å². The molecule has 0 unspecified atom stereocenters.